The molecule has 0 bridgehead atoms. The van der Waals surface area contributed by atoms with E-state index in [-0.39, 0.29) is 0 Å². The van der Waals surface area contributed by atoms with Crippen LogP contribution < -0.4 is 10.1 Å². The molecule has 0 unspecified atom stereocenters. The number of nitrogens with one attached hydrogen (secondary N) is 1. The molecule has 7 nitrogen and oxygen atoms in total. The van der Waals surface area contributed by atoms with E-state index in [0.29, 0.717) is 22.7 Å². The van der Waals surface area contributed by atoms with Gasteiger partial charge in [0.25, 0.3) is 5.91 Å². The van der Waals surface area contributed by atoms with Gasteiger partial charge in [0.2, 0.25) is 0 Å². The van der Waals surface area contributed by atoms with E-state index in [9.17, 15) is 14.4 Å². The molecule has 1 amide bonds. The Morgan fingerprint density at radius 3 is 2.43 bits per heavy atom. The van der Waals surface area contributed by atoms with Gasteiger partial charge in [-0.25, -0.2) is 9.59 Å². The number of rotatable bonds is 8. The van der Waals surface area contributed by atoms with Gasteiger partial charge in [-0.05, 0) is 38.0 Å². The monoisotopic (exact) mass is 405 g/mol. The molecule has 0 aliphatic carbocycles. The summed E-state index contributed by atoms with van der Waals surface area (Å²) in [4.78, 5) is 37.2. The average molecular weight is 405 g/mol. The number of hydrogen-bond donors (Lipinski definition) is 1. The van der Waals surface area contributed by atoms with Crippen LogP contribution in [0.25, 0.3) is 0 Å². The highest BCUT2D eigenvalue weighted by atomic mass is 32.1. The fourth-order valence-corrected chi connectivity index (χ4v) is 3.48. The van der Waals surface area contributed by atoms with E-state index in [1.54, 1.807) is 38.1 Å². The molecule has 1 atom stereocenters. The SMILES string of the molecule is CC[C@H](Oc1ccccc1)C(=O)OCC(=O)Nc1sc(C)c(C)c1C(=O)OC. The first-order valence-electron chi connectivity index (χ1n) is 8.73. The fourth-order valence-electron chi connectivity index (χ4n) is 2.42. The minimum absolute atomic E-state index is 0.309. The van der Waals surface area contributed by atoms with Gasteiger partial charge < -0.3 is 19.5 Å². The third-order valence-corrected chi connectivity index (χ3v) is 5.15. The second-order valence-corrected chi connectivity index (χ2v) is 7.19. The van der Waals surface area contributed by atoms with Crippen LogP contribution in [0.4, 0.5) is 5.00 Å². The molecule has 1 heterocycles. The van der Waals surface area contributed by atoms with Gasteiger partial charge in [0, 0.05) is 4.88 Å². The number of benzene rings is 1. The molecular formula is C20H23NO6S. The van der Waals surface area contributed by atoms with Crippen LogP contribution in [0.2, 0.25) is 0 Å². The van der Waals surface area contributed by atoms with Crippen LogP contribution in [0.3, 0.4) is 0 Å². The van der Waals surface area contributed by atoms with Crippen LogP contribution in [0, 0.1) is 13.8 Å². The summed E-state index contributed by atoms with van der Waals surface area (Å²) >= 11 is 1.26. The van der Waals surface area contributed by atoms with Crippen molar-refractivity contribution >= 4 is 34.2 Å². The number of esters is 2. The molecule has 2 rings (SSSR count). The summed E-state index contributed by atoms with van der Waals surface area (Å²) in [5.74, 6) is -1.16. The minimum Gasteiger partial charge on any atom is -0.479 e. The largest absolute Gasteiger partial charge is 0.479 e. The van der Waals surface area contributed by atoms with Crippen molar-refractivity contribution in [3.05, 3.63) is 46.3 Å². The summed E-state index contributed by atoms with van der Waals surface area (Å²) < 4.78 is 15.4. The minimum atomic E-state index is -0.813. The summed E-state index contributed by atoms with van der Waals surface area (Å²) in [6, 6.07) is 8.90. The van der Waals surface area contributed by atoms with Gasteiger partial charge in [-0.3, -0.25) is 4.79 Å². The first kappa shape index (κ1) is 21.4. The van der Waals surface area contributed by atoms with Gasteiger partial charge in [0.1, 0.15) is 10.8 Å². The number of carbonyl (C=O) groups excluding carboxylic acids is 3. The zero-order chi connectivity index (χ0) is 20.7. The molecule has 0 aliphatic rings. The highest BCUT2D eigenvalue weighted by Crippen LogP contribution is 2.32. The van der Waals surface area contributed by atoms with E-state index < -0.39 is 30.6 Å². The highest BCUT2D eigenvalue weighted by molar-refractivity contribution is 7.16. The smallest absolute Gasteiger partial charge is 0.347 e. The third kappa shape index (κ3) is 5.32. The lowest BCUT2D eigenvalue weighted by atomic mass is 10.1. The van der Waals surface area contributed by atoms with E-state index in [4.69, 9.17) is 14.2 Å². The van der Waals surface area contributed by atoms with E-state index in [1.807, 2.05) is 13.0 Å². The molecule has 0 spiro atoms. The molecule has 0 aliphatic heterocycles. The standard InChI is InChI=1S/C20H23NO6S/c1-5-15(27-14-9-7-6-8-10-14)19(23)26-11-16(22)21-18-17(20(24)25-4)12(2)13(3)28-18/h6-10,15H,5,11H2,1-4H3,(H,21,22)/t15-/m0/s1. The summed E-state index contributed by atoms with van der Waals surface area (Å²) in [6.45, 7) is 4.92. The van der Waals surface area contributed by atoms with Crippen molar-refractivity contribution in [2.75, 3.05) is 19.0 Å². The van der Waals surface area contributed by atoms with Crippen molar-refractivity contribution in [3.63, 3.8) is 0 Å². The third-order valence-electron chi connectivity index (χ3n) is 4.03. The first-order chi connectivity index (χ1) is 13.4. The van der Waals surface area contributed by atoms with Crippen LogP contribution in [0.1, 0.15) is 34.1 Å². The number of para-hydroxylation sites is 1. The van der Waals surface area contributed by atoms with Crippen molar-refractivity contribution in [2.24, 2.45) is 0 Å². The molecule has 1 N–H and O–H groups in total. The Labute approximate surface area is 167 Å². The molecule has 8 heteroatoms. The van der Waals surface area contributed by atoms with E-state index in [2.05, 4.69) is 5.32 Å². The number of hydrogen-bond acceptors (Lipinski definition) is 7. The molecule has 0 saturated heterocycles. The number of ether oxygens (including phenoxy) is 3. The van der Waals surface area contributed by atoms with Crippen molar-refractivity contribution in [2.45, 2.75) is 33.3 Å². The van der Waals surface area contributed by atoms with Crippen LogP contribution in [0.5, 0.6) is 5.75 Å². The molecule has 150 valence electrons. The number of methoxy groups -OCH3 is 1. The lowest BCUT2D eigenvalue weighted by molar-refractivity contribution is -0.154. The number of aryl methyl sites for hydroxylation is 1. The number of anilines is 1. The van der Waals surface area contributed by atoms with Gasteiger partial charge >= 0.3 is 11.9 Å². The molecule has 1 aromatic carbocycles. The molecule has 0 radical (unpaired) electrons. The maximum Gasteiger partial charge on any atom is 0.347 e. The first-order valence-corrected chi connectivity index (χ1v) is 9.55. The Morgan fingerprint density at radius 1 is 1.14 bits per heavy atom. The topological polar surface area (TPSA) is 90.9 Å². The molecule has 28 heavy (non-hydrogen) atoms. The Bertz CT molecular complexity index is 846. The maximum absolute atomic E-state index is 12.2. The maximum atomic E-state index is 12.2. The number of thiophene rings is 1. The molecule has 0 saturated carbocycles. The number of amides is 1. The quantitative estimate of drug-likeness (QED) is 0.676. The summed E-state index contributed by atoms with van der Waals surface area (Å²) in [5.41, 5.74) is 1.05. The Balaban J connectivity index is 1.95. The number of carbonyl (C=O) groups is 3. The predicted molar refractivity (Wildman–Crippen MR) is 106 cm³/mol. The lowest BCUT2D eigenvalue weighted by Gasteiger charge is -2.16. The average Bonchev–Trinajstić information content (AvgIpc) is 2.97. The predicted octanol–water partition coefficient (Wildman–Crippen LogP) is 3.49. The molecule has 1 aromatic heterocycles. The summed E-state index contributed by atoms with van der Waals surface area (Å²) in [5, 5.41) is 2.98. The van der Waals surface area contributed by atoms with Crippen molar-refractivity contribution in [1.29, 1.82) is 0 Å². The Hall–Kier alpha value is -2.87. The van der Waals surface area contributed by atoms with E-state index in [0.717, 1.165) is 10.4 Å². The van der Waals surface area contributed by atoms with Crippen molar-refractivity contribution < 1.29 is 28.6 Å². The van der Waals surface area contributed by atoms with E-state index >= 15 is 0 Å². The second kappa shape index (κ2) is 9.89. The van der Waals surface area contributed by atoms with Gasteiger partial charge in [-0.15, -0.1) is 11.3 Å². The highest BCUT2D eigenvalue weighted by Gasteiger charge is 2.24. The Morgan fingerprint density at radius 2 is 1.82 bits per heavy atom. The lowest BCUT2D eigenvalue weighted by Crippen LogP contribution is -2.31. The molecule has 2 aromatic rings. The normalized spacial score (nSPS) is 11.4. The second-order valence-electron chi connectivity index (χ2n) is 5.96. The molecule has 0 fully saturated rings. The van der Waals surface area contributed by atoms with Crippen LogP contribution >= 0.6 is 11.3 Å². The van der Waals surface area contributed by atoms with Gasteiger partial charge in [-0.1, -0.05) is 25.1 Å². The van der Waals surface area contributed by atoms with Crippen LogP contribution in [-0.4, -0.2) is 37.7 Å². The zero-order valence-corrected chi connectivity index (χ0v) is 17.1. The van der Waals surface area contributed by atoms with Crippen LogP contribution in [0.15, 0.2) is 30.3 Å². The summed E-state index contributed by atoms with van der Waals surface area (Å²) in [6.07, 6.45) is -0.419. The van der Waals surface area contributed by atoms with Crippen molar-refractivity contribution in [3.8, 4) is 5.75 Å². The Kier molecular flexibility index (Phi) is 7.57. The fraction of sp³-hybridized carbons (Fsp3) is 0.350. The van der Waals surface area contributed by atoms with Gasteiger partial charge in [-0.2, -0.15) is 0 Å². The van der Waals surface area contributed by atoms with Crippen LogP contribution in [-0.2, 0) is 19.1 Å². The zero-order valence-electron chi connectivity index (χ0n) is 16.2. The van der Waals surface area contributed by atoms with Gasteiger partial charge in [0.15, 0.2) is 12.7 Å². The summed E-state index contributed by atoms with van der Waals surface area (Å²) in [7, 11) is 1.28. The van der Waals surface area contributed by atoms with Gasteiger partial charge in [0.05, 0.1) is 12.7 Å². The van der Waals surface area contributed by atoms with E-state index in [1.165, 1.54) is 18.4 Å². The molecular weight excluding hydrogens is 382 g/mol. The van der Waals surface area contributed by atoms with Crippen molar-refractivity contribution in [1.82, 2.24) is 0 Å².